The number of hydrogen-bond donors (Lipinski definition) is 2. The zero-order chi connectivity index (χ0) is 31.4. The highest BCUT2D eigenvalue weighted by atomic mass is 32.1. The van der Waals surface area contributed by atoms with E-state index in [1.54, 1.807) is 24.3 Å². The third kappa shape index (κ3) is 8.10. The van der Waals surface area contributed by atoms with E-state index in [1.807, 2.05) is 6.07 Å². The van der Waals surface area contributed by atoms with Crippen LogP contribution >= 0.6 is 11.3 Å². The first-order chi connectivity index (χ1) is 20.2. The Kier molecular flexibility index (Phi) is 9.39. The van der Waals surface area contributed by atoms with E-state index in [4.69, 9.17) is 9.47 Å². The second-order valence-electron chi connectivity index (χ2n) is 10.2. The number of aryl methyl sites for hydroxylation is 1. The number of amides is 1. The Morgan fingerprint density at radius 3 is 2.23 bits per heavy atom. The maximum Gasteiger partial charge on any atom is 0.416 e. The fourth-order valence-corrected chi connectivity index (χ4v) is 5.78. The van der Waals surface area contributed by atoms with Crippen molar-refractivity contribution in [1.29, 1.82) is 0 Å². The van der Waals surface area contributed by atoms with Crippen molar-refractivity contribution in [3.05, 3.63) is 82.0 Å². The molecule has 0 saturated carbocycles. The molecule has 1 unspecified atom stereocenters. The van der Waals surface area contributed by atoms with Gasteiger partial charge in [-0.05, 0) is 73.4 Å². The topological polar surface area (TPSA) is 119 Å². The van der Waals surface area contributed by atoms with E-state index in [9.17, 15) is 37.5 Å². The number of carboxylic acid groups (broad SMARTS) is 1. The summed E-state index contributed by atoms with van der Waals surface area (Å²) in [6, 6.07) is 14.6. The highest BCUT2D eigenvalue weighted by Crippen LogP contribution is 2.34. The summed E-state index contributed by atoms with van der Waals surface area (Å²) in [6.07, 6.45) is -4.20. The fraction of sp³-hybridized carbons (Fsp3) is 0.290. The molecule has 226 valence electrons. The van der Waals surface area contributed by atoms with Gasteiger partial charge in [0.1, 0.15) is 18.1 Å². The van der Waals surface area contributed by atoms with Gasteiger partial charge in [-0.2, -0.15) is 13.2 Å². The highest BCUT2D eigenvalue weighted by Gasteiger charge is 2.33. The minimum Gasteiger partial charge on any atom is -0.481 e. The zero-order valence-electron chi connectivity index (χ0n) is 23.2. The number of nitrogens with one attached hydrogen (secondary N) is 1. The molecule has 4 aromatic rings. The Hall–Kier alpha value is -4.45. The molecule has 1 atom stereocenters. The molecule has 1 aromatic heterocycles. The van der Waals surface area contributed by atoms with E-state index in [1.165, 1.54) is 43.4 Å². The van der Waals surface area contributed by atoms with Gasteiger partial charge >= 0.3 is 18.1 Å². The highest BCUT2D eigenvalue weighted by molar-refractivity contribution is 7.24. The number of carbonyl (C=O) groups excluding carboxylic acids is 2. The summed E-state index contributed by atoms with van der Waals surface area (Å²) >= 11 is 1.37. The molecule has 1 amide bonds. The van der Waals surface area contributed by atoms with Crippen molar-refractivity contribution in [2.45, 2.75) is 51.2 Å². The van der Waals surface area contributed by atoms with Gasteiger partial charge in [0.25, 0.3) is 0 Å². The Morgan fingerprint density at radius 2 is 1.58 bits per heavy atom. The third-order valence-electron chi connectivity index (χ3n) is 6.80. The van der Waals surface area contributed by atoms with Crippen molar-refractivity contribution >= 4 is 49.4 Å². The number of benzene rings is 3. The van der Waals surface area contributed by atoms with Gasteiger partial charge in [-0.15, -0.1) is 11.3 Å². The van der Waals surface area contributed by atoms with Crippen LogP contribution in [0.5, 0.6) is 11.5 Å². The van der Waals surface area contributed by atoms with Crippen LogP contribution in [-0.2, 0) is 31.7 Å². The van der Waals surface area contributed by atoms with E-state index in [2.05, 4.69) is 5.32 Å². The molecule has 0 aliphatic heterocycles. The van der Waals surface area contributed by atoms with Crippen molar-refractivity contribution in [3.63, 3.8) is 0 Å². The van der Waals surface area contributed by atoms with E-state index < -0.39 is 35.1 Å². The Balaban J connectivity index is 1.64. The van der Waals surface area contributed by atoms with Crippen molar-refractivity contribution in [2.75, 3.05) is 6.61 Å². The molecule has 4 rings (SSSR count). The van der Waals surface area contributed by atoms with Crippen LogP contribution in [0.3, 0.4) is 0 Å². The van der Waals surface area contributed by atoms with Crippen molar-refractivity contribution in [3.8, 4) is 11.5 Å². The molecule has 43 heavy (non-hydrogen) atoms. The molecular weight excluding hydrogens is 587 g/mol. The SMILES string of the molecule is CC(=O)NC(CCC(=O)O)(CCc1ccc2sc3ccc(Oc4cccc(C(F)(F)F)c4)cc3c(=O)c2c1)COC(C)=O. The number of rotatable bonds is 11. The van der Waals surface area contributed by atoms with Gasteiger partial charge in [0.15, 0.2) is 5.43 Å². The molecule has 12 heteroatoms. The number of alkyl halides is 3. The molecule has 0 fully saturated rings. The lowest BCUT2D eigenvalue weighted by atomic mass is 9.87. The number of esters is 1. The molecule has 0 saturated heterocycles. The summed E-state index contributed by atoms with van der Waals surface area (Å²) in [5.41, 5.74) is -1.54. The van der Waals surface area contributed by atoms with Gasteiger partial charge in [-0.3, -0.25) is 19.2 Å². The van der Waals surface area contributed by atoms with Crippen LogP contribution in [0.4, 0.5) is 13.2 Å². The molecule has 8 nitrogen and oxygen atoms in total. The second kappa shape index (κ2) is 12.8. The fourth-order valence-electron chi connectivity index (χ4n) is 4.75. The number of carbonyl (C=O) groups is 3. The summed E-state index contributed by atoms with van der Waals surface area (Å²) < 4.78 is 51.5. The minimum atomic E-state index is -4.53. The first-order valence-corrected chi connectivity index (χ1v) is 14.0. The average Bonchev–Trinajstić information content (AvgIpc) is 2.94. The monoisotopic (exact) mass is 615 g/mol. The number of aliphatic carboxylic acids is 1. The first-order valence-electron chi connectivity index (χ1n) is 13.2. The van der Waals surface area contributed by atoms with Gasteiger partial charge < -0.3 is 19.9 Å². The number of carboxylic acids is 1. The zero-order valence-corrected chi connectivity index (χ0v) is 24.1. The van der Waals surface area contributed by atoms with Crippen LogP contribution in [0.1, 0.15) is 44.2 Å². The lowest BCUT2D eigenvalue weighted by molar-refractivity contribution is -0.145. The van der Waals surface area contributed by atoms with Crippen LogP contribution in [0, 0.1) is 0 Å². The summed E-state index contributed by atoms with van der Waals surface area (Å²) in [5.74, 6) is -1.86. The van der Waals surface area contributed by atoms with Crippen molar-refractivity contribution in [2.24, 2.45) is 0 Å². The third-order valence-corrected chi connectivity index (χ3v) is 7.96. The van der Waals surface area contributed by atoms with E-state index in [0.717, 1.165) is 17.7 Å². The Morgan fingerprint density at radius 1 is 0.907 bits per heavy atom. The first kappa shape index (κ1) is 31.5. The van der Waals surface area contributed by atoms with Crippen LogP contribution in [0.2, 0.25) is 0 Å². The van der Waals surface area contributed by atoms with Crippen LogP contribution in [0.25, 0.3) is 20.2 Å². The number of halogens is 3. The normalized spacial score (nSPS) is 13.0. The molecule has 1 heterocycles. The molecule has 0 spiro atoms. The average molecular weight is 616 g/mol. The molecule has 0 bridgehead atoms. The summed E-state index contributed by atoms with van der Waals surface area (Å²) in [5, 5.41) is 12.8. The Labute approximate surface area is 248 Å². The number of hydrogen-bond acceptors (Lipinski definition) is 7. The summed E-state index contributed by atoms with van der Waals surface area (Å²) in [7, 11) is 0. The lowest BCUT2D eigenvalue weighted by Crippen LogP contribution is -2.52. The predicted octanol–water partition coefficient (Wildman–Crippen LogP) is 6.46. The van der Waals surface area contributed by atoms with Crippen LogP contribution in [-0.4, -0.2) is 35.1 Å². The van der Waals surface area contributed by atoms with E-state index in [0.29, 0.717) is 26.6 Å². The maximum atomic E-state index is 13.6. The maximum absolute atomic E-state index is 13.6. The van der Waals surface area contributed by atoms with Gasteiger partial charge in [0.05, 0.1) is 11.1 Å². The molecule has 2 N–H and O–H groups in total. The number of ether oxygens (including phenoxy) is 2. The minimum absolute atomic E-state index is 0.0207. The van der Waals surface area contributed by atoms with Crippen molar-refractivity contribution < 1.29 is 42.1 Å². The summed E-state index contributed by atoms with van der Waals surface area (Å²) in [6.45, 7) is 2.30. The van der Waals surface area contributed by atoms with Gasteiger partial charge in [-0.25, -0.2) is 0 Å². The summed E-state index contributed by atoms with van der Waals surface area (Å²) in [4.78, 5) is 48.4. The van der Waals surface area contributed by atoms with Gasteiger partial charge in [0.2, 0.25) is 5.91 Å². The van der Waals surface area contributed by atoms with Gasteiger partial charge in [0, 0.05) is 40.4 Å². The van der Waals surface area contributed by atoms with Crippen LogP contribution in [0.15, 0.2) is 65.5 Å². The van der Waals surface area contributed by atoms with Crippen LogP contribution < -0.4 is 15.5 Å². The molecule has 3 aromatic carbocycles. The largest absolute Gasteiger partial charge is 0.481 e. The Bertz CT molecular complexity index is 1730. The quantitative estimate of drug-likeness (QED) is 0.147. The molecule has 0 aliphatic carbocycles. The number of fused-ring (bicyclic) bond motifs is 2. The molecule has 0 aliphatic rings. The smallest absolute Gasteiger partial charge is 0.416 e. The lowest BCUT2D eigenvalue weighted by Gasteiger charge is -2.34. The van der Waals surface area contributed by atoms with E-state index in [-0.39, 0.29) is 42.8 Å². The van der Waals surface area contributed by atoms with Crippen molar-refractivity contribution in [1.82, 2.24) is 5.32 Å². The molecule has 0 radical (unpaired) electrons. The second-order valence-corrected chi connectivity index (χ2v) is 11.3. The molecular formula is C31H28F3NO7S. The van der Waals surface area contributed by atoms with Gasteiger partial charge in [-0.1, -0.05) is 12.1 Å². The van der Waals surface area contributed by atoms with E-state index >= 15 is 0 Å². The predicted molar refractivity (Wildman–Crippen MR) is 155 cm³/mol. The standard InChI is InChI=1S/C31H28F3NO7S/c1-18(36)35-30(13-11-28(38)39,17-41-19(2)37)12-10-20-6-8-26-24(14-20)29(40)25-16-23(7-9-27(25)43-26)42-22-5-3-4-21(15-22)31(32,33)34/h3-9,14-16H,10-13,17H2,1-2H3,(H,35,36)(H,38,39).